The van der Waals surface area contributed by atoms with Crippen LogP contribution in [0.1, 0.15) is 25.3 Å². The van der Waals surface area contributed by atoms with Crippen LogP contribution in [0.2, 0.25) is 0 Å². The fourth-order valence-electron chi connectivity index (χ4n) is 1.60. The van der Waals surface area contributed by atoms with Crippen molar-refractivity contribution in [3.05, 3.63) is 23.8 Å². The lowest BCUT2D eigenvalue weighted by atomic mass is 10.0. The van der Waals surface area contributed by atoms with E-state index in [4.69, 9.17) is 15.9 Å². The van der Waals surface area contributed by atoms with Gasteiger partial charge in [0, 0.05) is 0 Å². The van der Waals surface area contributed by atoms with Crippen LogP contribution < -0.4 is 21.1 Å². The van der Waals surface area contributed by atoms with Crippen molar-refractivity contribution in [1.29, 1.82) is 5.41 Å². The molecule has 0 unspecified atom stereocenters. The van der Waals surface area contributed by atoms with E-state index in [9.17, 15) is 4.79 Å². The number of hydrogen-bond acceptors (Lipinski definition) is 3. The van der Waals surface area contributed by atoms with Crippen LogP contribution in [-0.4, -0.2) is 19.1 Å². The number of methoxy groups -OCH3 is 1. The van der Waals surface area contributed by atoms with E-state index in [1.54, 1.807) is 6.07 Å². The molecule has 2 amide bonds. The number of amides is 2. The van der Waals surface area contributed by atoms with Gasteiger partial charge in [-0.05, 0) is 17.5 Å². The molecule has 1 rings (SSSR count). The lowest BCUT2D eigenvalue weighted by Gasteiger charge is -2.17. The molecular weight excluding hydrogens is 232 g/mol. The Kier molecular flexibility index (Phi) is 4.53. The molecule has 1 aromatic rings. The van der Waals surface area contributed by atoms with Crippen molar-refractivity contribution in [1.82, 2.24) is 5.32 Å². The lowest BCUT2D eigenvalue weighted by molar-refractivity contribution is 0.256. The zero-order valence-electron chi connectivity index (χ0n) is 10.7. The van der Waals surface area contributed by atoms with Gasteiger partial charge in [0.2, 0.25) is 0 Å². The van der Waals surface area contributed by atoms with Crippen LogP contribution in [0, 0.1) is 5.41 Å². The smallest absolute Gasteiger partial charge is 0.326 e. The summed E-state index contributed by atoms with van der Waals surface area (Å²) >= 11 is 0. The first-order chi connectivity index (χ1) is 8.45. The maximum Gasteiger partial charge on any atom is 0.326 e. The number of carbonyl (C=O) groups is 1. The summed E-state index contributed by atoms with van der Waals surface area (Å²) in [6.07, 6.45) is 0. The van der Waals surface area contributed by atoms with E-state index in [-0.39, 0.29) is 5.92 Å². The topological polar surface area (TPSA) is 100 Å². The Bertz CT molecular complexity index is 457. The SMILES string of the molecule is COc1cccc(C(C)C)c1NC(=O)NC(=N)N. The van der Waals surface area contributed by atoms with Gasteiger partial charge in [0.1, 0.15) is 5.75 Å². The quantitative estimate of drug-likeness (QED) is 0.486. The van der Waals surface area contributed by atoms with Crippen molar-refractivity contribution < 1.29 is 9.53 Å². The van der Waals surface area contributed by atoms with Crippen LogP contribution in [0.5, 0.6) is 5.75 Å². The van der Waals surface area contributed by atoms with Gasteiger partial charge in [-0.25, -0.2) is 4.79 Å². The number of carbonyl (C=O) groups excluding carboxylic acids is 1. The van der Waals surface area contributed by atoms with Gasteiger partial charge in [0.15, 0.2) is 5.96 Å². The summed E-state index contributed by atoms with van der Waals surface area (Å²) in [6.45, 7) is 4.03. The van der Waals surface area contributed by atoms with E-state index in [1.807, 2.05) is 26.0 Å². The number of benzene rings is 1. The van der Waals surface area contributed by atoms with Crippen molar-refractivity contribution >= 4 is 17.7 Å². The van der Waals surface area contributed by atoms with Crippen molar-refractivity contribution in [2.24, 2.45) is 5.73 Å². The normalized spacial score (nSPS) is 10.0. The molecule has 0 atom stereocenters. The molecule has 0 aromatic heterocycles. The number of hydrogen-bond donors (Lipinski definition) is 4. The Hall–Kier alpha value is -2.24. The van der Waals surface area contributed by atoms with E-state index in [2.05, 4.69) is 10.6 Å². The molecule has 1 aromatic carbocycles. The van der Waals surface area contributed by atoms with Gasteiger partial charge in [-0.3, -0.25) is 10.7 Å². The first-order valence-corrected chi connectivity index (χ1v) is 5.54. The van der Waals surface area contributed by atoms with Gasteiger partial charge in [0.05, 0.1) is 12.8 Å². The second kappa shape index (κ2) is 5.90. The van der Waals surface area contributed by atoms with Crippen LogP contribution in [0.3, 0.4) is 0 Å². The Morgan fingerprint density at radius 2 is 2.11 bits per heavy atom. The highest BCUT2D eigenvalue weighted by Crippen LogP contribution is 2.32. The highest BCUT2D eigenvalue weighted by atomic mass is 16.5. The van der Waals surface area contributed by atoms with Crippen LogP contribution >= 0.6 is 0 Å². The Balaban J connectivity index is 3.04. The molecule has 6 heteroatoms. The van der Waals surface area contributed by atoms with E-state index < -0.39 is 12.0 Å². The fourth-order valence-corrected chi connectivity index (χ4v) is 1.60. The summed E-state index contributed by atoms with van der Waals surface area (Å²) in [5.74, 6) is 0.390. The summed E-state index contributed by atoms with van der Waals surface area (Å²) < 4.78 is 5.21. The molecule has 0 spiro atoms. The number of anilines is 1. The molecule has 0 aliphatic heterocycles. The molecule has 0 heterocycles. The number of nitrogens with one attached hydrogen (secondary N) is 3. The molecule has 5 N–H and O–H groups in total. The average Bonchev–Trinajstić information content (AvgIpc) is 2.27. The van der Waals surface area contributed by atoms with Crippen LogP contribution in [0.25, 0.3) is 0 Å². The molecule has 0 fully saturated rings. The van der Waals surface area contributed by atoms with Crippen LogP contribution in [-0.2, 0) is 0 Å². The molecule has 0 aliphatic carbocycles. The minimum absolute atomic E-state index is 0.229. The summed E-state index contributed by atoms with van der Waals surface area (Å²) in [5.41, 5.74) is 6.64. The standard InChI is InChI=1S/C12H18N4O2/c1-7(2)8-5-4-6-9(18-3)10(8)15-12(17)16-11(13)14/h4-7H,1-3H3,(H5,13,14,15,16,17). The molecule has 0 radical (unpaired) electrons. The molecule has 6 nitrogen and oxygen atoms in total. The average molecular weight is 250 g/mol. The van der Waals surface area contributed by atoms with Crippen molar-refractivity contribution in [2.45, 2.75) is 19.8 Å². The van der Waals surface area contributed by atoms with Gasteiger partial charge in [-0.2, -0.15) is 0 Å². The molecule has 0 aliphatic rings. The van der Waals surface area contributed by atoms with Gasteiger partial charge in [0.25, 0.3) is 0 Å². The molecule has 0 saturated carbocycles. The lowest BCUT2D eigenvalue weighted by Crippen LogP contribution is -2.38. The Morgan fingerprint density at radius 1 is 1.44 bits per heavy atom. The van der Waals surface area contributed by atoms with Crippen molar-refractivity contribution in [3.63, 3.8) is 0 Å². The van der Waals surface area contributed by atoms with Gasteiger partial charge < -0.3 is 15.8 Å². The highest BCUT2D eigenvalue weighted by Gasteiger charge is 2.14. The third-order valence-corrected chi connectivity index (χ3v) is 2.39. The second-order valence-corrected chi connectivity index (χ2v) is 4.07. The van der Waals surface area contributed by atoms with Crippen LogP contribution in [0.4, 0.5) is 10.5 Å². The molecule has 98 valence electrons. The summed E-state index contributed by atoms with van der Waals surface area (Å²) in [4.78, 5) is 11.6. The Labute approximate surface area is 106 Å². The highest BCUT2D eigenvalue weighted by molar-refractivity contribution is 6.02. The Morgan fingerprint density at radius 3 is 2.61 bits per heavy atom. The maximum atomic E-state index is 11.6. The van der Waals surface area contributed by atoms with Gasteiger partial charge in [-0.1, -0.05) is 26.0 Å². The minimum Gasteiger partial charge on any atom is -0.495 e. The van der Waals surface area contributed by atoms with Gasteiger partial charge >= 0.3 is 6.03 Å². The van der Waals surface area contributed by atoms with Crippen molar-refractivity contribution in [3.8, 4) is 5.75 Å². The predicted molar refractivity (Wildman–Crippen MR) is 71.2 cm³/mol. The number of urea groups is 1. The minimum atomic E-state index is -0.561. The second-order valence-electron chi connectivity index (χ2n) is 4.07. The monoisotopic (exact) mass is 250 g/mol. The number of para-hydroxylation sites is 1. The summed E-state index contributed by atoms with van der Waals surface area (Å²) in [7, 11) is 1.54. The molecule has 0 bridgehead atoms. The van der Waals surface area contributed by atoms with Gasteiger partial charge in [-0.15, -0.1) is 0 Å². The van der Waals surface area contributed by atoms with E-state index in [0.29, 0.717) is 11.4 Å². The number of guanidine groups is 1. The van der Waals surface area contributed by atoms with Crippen LogP contribution in [0.15, 0.2) is 18.2 Å². The first-order valence-electron chi connectivity index (χ1n) is 5.54. The number of ether oxygens (including phenoxy) is 1. The molecular formula is C12H18N4O2. The zero-order valence-corrected chi connectivity index (χ0v) is 10.7. The maximum absolute atomic E-state index is 11.6. The van der Waals surface area contributed by atoms with Crippen molar-refractivity contribution in [2.75, 3.05) is 12.4 Å². The molecule has 0 saturated heterocycles. The third-order valence-electron chi connectivity index (χ3n) is 2.39. The molecule has 18 heavy (non-hydrogen) atoms. The van der Waals surface area contributed by atoms with E-state index >= 15 is 0 Å². The fraction of sp³-hybridized carbons (Fsp3) is 0.333. The predicted octanol–water partition coefficient (Wildman–Crippen LogP) is 1.83. The number of nitrogens with two attached hydrogens (primary N) is 1. The largest absolute Gasteiger partial charge is 0.495 e. The first kappa shape index (κ1) is 13.8. The summed E-state index contributed by atoms with van der Waals surface area (Å²) in [5, 5.41) is 11.8. The third kappa shape index (κ3) is 3.38. The number of rotatable bonds is 3. The summed E-state index contributed by atoms with van der Waals surface area (Å²) in [6, 6.07) is 4.97. The van der Waals surface area contributed by atoms with E-state index in [0.717, 1.165) is 5.56 Å². The zero-order chi connectivity index (χ0) is 13.7. The van der Waals surface area contributed by atoms with E-state index in [1.165, 1.54) is 7.11 Å².